The molecule has 4 heteroatoms. The predicted octanol–water partition coefficient (Wildman–Crippen LogP) is 2.42. The van der Waals surface area contributed by atoms with E-state index in [-0.39, 0.29) is 5.82 Å². The molecule has 2 N–H and O–H groups in total. The Morgan fingerprint density at radius 1 is 1.58 bits per heavy atom. The van der Waals surface area contributed by atoms with E-state index >= 15 is 0 Å². The highest BCUT2D eigenvalue weighted by atomic mass is 79.9. The van der Waals surface area contributed by atoms with Crippen molar-refractivity contribution in [3.63, 3.8) is 0 Å². The lowest BCUT2D eigenvalue weighted by atomic mass is 10.1. The lowest BCUT2D eigenvalue weighted by Crippen LogP contribution is -2.12. The summed E-state index contributed by atoms with van der Waals surface area (Å²) in [6.07, 6.45) is 0.294. The molecule has 0 aliphatic carbocycles. The maximum Gasteiger partial charge on any atom is 0.127 e. The molecule has 0 unspecified atom stereocenters. The number of nitrogens with two attached hydrogens (primary N) is 1. The third kappa shape index (κ3) is 2.25. The first-order valence-corrected chi connectivity index (χ1v) is 4.52. The Morgan fingerprint density at radius 3 is 2.75 bits per heavy atom. The van der Waals surface area contributed by atoms with Gasteiger partial charge in [-0.05, 0) is 12.1 Å². The van der Waals surface area contributed by atoms with Crippen molar-refractivity contribution in [1.82, 2.24) is 0 Å². The zero-order chi connectivity index (χ0) is 9.14. The molecule has 0 aliphatic heterocycles. The molecule has 12 heavy (non-hydrogen) atoms. The van der Waals surface area contributed by atoms with Crippen molar-refractivity contribution in [3.05, 3.63) is 34.1 Å². The number of thiocarbonyl (C=S) groups is 1. The molecule has 0 heterocycles. The first-order valence-electron chi connectivity index (χ1n) is 3.32. The number of halogens is 2. The zero-order valence-electron chi connectivity index (χ0n) is 6.18. The quantitative estimate of drug-likeness (QED) is 0.813. The third-order valence-electron chi connectivity index (χ3n) is 1.41. The minimum absolute atomic E-state index is 0.280. The van der Waals surface area contributed by atoms with Gasteiger partial charge in [0.05, 0.1) is 4.99 Å². The Labute approximate surface area is 83.9 Å². The molecule has 0 aliphatic rings. The minimum Gasteiger partial charge on any atom is -0.393 e. The number of benzene rings is 1. The molecular weight excluding hydrogens is 241 g/mol. The number of hydrogen-bond acceptors (Lipinski definition) is 1. The number of rotatable bonds is 2. The lowest BCUT2D eigenvalue weighted by Gasteiger charge is -2.03. The van der Waals surface area contributed by atoms with Gasteiger partial charge in [-0.25, -0.2) is 4.39 Å². The Hall–Kier alpha value is -0.480. The highest BCUT2D eigenvalue weighted by Crippen LogP contribution is 2.19. The summed E-state index contributed by atoms with van der Waals surface area (Å²) in [5.74, 6) is -0.280. The minimum atomic E-state index is -0.280. The molecule has 64 valence electrons. The molecule has 0 amide bonds. The molecule has 0 atom stereocenters. The summed E-state index contributed by atoms with van der Waals surface area (Å²) >= 11 is 7.91. The molecule has 0 saturated heterocycles. The summed E-state index contributed by atoms with van der Waals surface area (Å²) in [5.41, 5.74) is 5.82. The van der Waals surface area contributed by atoms with Gasteiger partial charge in [-0.15, -0.1) is 0 Å². The molecule has 1 aromatic rings. The molecule has 0 radical (unpaired) electrons. The SMILES string of the molecule is NC(=S)Cc1c(F)cccc1Br. The van der Waals surface area contributed by atoms with E-state index in [0.29, 0.717) is 21.4 Å². The molecule has 0 spiro atoms. The van der Waals surface area contributed by atoms with Crippen LogP contribution in [-0.4, -0.2) is 4.99 Å². The predicted molar refractivity (Wildman–Crippen MR) is 54.6 cm³/mol. The average molecular weight is 248 g/mol. The second-order valence-corrected chi connectivity index (χ2v) is 3.72. The van der Waals surface area contributed by atoms with Crippen LogP contribution in [0, 0.1) is 5.82 Å². The summed E-state index contributed by atoms with van der Waals surface area (Å²) in [4.78, 5) is 0.292. The highest BCUT2D eigenvalue weighted by molar-refractivity contribution is 9.10. The van der Waals surface area contributed by atoms with Gasteiger partial charge in [0.15, 0.2) is 0 Å². The van der Waals surface area contributed by atoms with Crippen molar-refractivity contribution < 1.29 is 4.39 Å². The Balaban J connectivity index is 3.04. The fourth-order valence-electron chi connectivity index (χ4n) is 0.875. The first kappa shape index (κ1) is 9.61. The topological polar surface area (TPSA) is 26.0 Å². The summed E-state index contributed by atoms with van der Waals surface area (Å²) in [7, 11) is 0. The first-order chi connectivity index (χ1) is 5.61. The van der Waals surface area contributed by atoms with E-state index in [1.165, 1.54) is 6.07 Å². The zero-order valence-corrected chi connectivity index (χ0v) is 8.58. The highest BCUT2D eigenvalue weighted by Gasteiger charge is 2.06. The van der Waals surface area contributed by atoms with Crippen LogP contribution in [0.3, 0.4) is 0 Å². The van der Waals surface area contributed by atoms with E-state index in [1.54, 1.807) is 12.1 Å². The van der Waals surface area contributed by atoms with Crippen LogP contribution in [-0.2, 0) is 6.42 Å². The Bertz CT molecular complexity index is 294. The molecule has 0 bridgehead atoms. The summed E-state index contributed by atoms with van der Waals surface area (Å²) in [6, 6.07) is 4.78. The van der Waals surface area contributed by atoms with Crippen molar-refractivity contribution in [1.29, 1.82) is 0 Å². The fourth-order valence-corrected chi connectivity index (χ4v) is 1.50. The van der Waals surface area contributed by atoms with Gasteiger partial charge in [0.25, 0.3) is 0 Å². The monoisotopic (exact) mass is 247 g/mol. The van der Waals surface area contributed by atoms with Crippen molar-refractivity contribution >= 4 is 33.1 Å². The van der Waals surface area contributed by atoms with E-state index in [0.717, 1.165) is 0 Å². The van der Waals surface area contributed by atoms with Crippen LogP contribution in [0.2, 0.25) is 0 Å². The van der Waals surface area contributed by atoms with Crippen LogP contribution < -0.4 is 5.73 Å². The van der Waals surface area contributed by atoms with E-state index < -0.39 is 0 Å². The Morgan fingerprint density at radius 2 is 2.25 bits per heavy atom. The normalized spacial score (nSPS) is 9.83. The van der Waals surface area contributed by atoms with Gasteiger partial charge in [0, 0.05) is 16.5 Å². The van der Waals surface area contributed by atoms with Gasteiger partial charge >= 0.3 is 0 Å². The molecule has 0 aromatic heterocycles. The summed E-state index contributed by atoms with van der Waals surface area (Å²) < 4.78 is 13.8. The van der Waals surface area contributed by atoms with Crippen LogP contribution in [0.15, 0.2) is 22.7 Å². The smallest absolute Gasteiger partial charge is 0.127 e. The van der Waals surface area contributed by atoms with Gasteiger partial charge < -0.3 is 5.73 Å². The van der Waals surface area contributed by atoms with Crippen LogP contribution in [0.1, 0.15) is 5.56 Å². The van der Waals surface area contributed by atoms with E-state index in [2.05, 4.69) is 28.1 Å². The lowest BCUT2D eigenvalue weighted by molar-refractivity contribution is 0.615. The summed E-state index contributed by atoms with van der Waals surface area (Å²) in [5, 5.41) is 0. The maximum absolute atomic E-state index is 13.1. The van der Waals surface area contributed by atoms with Crippen LogP contribution in [0.25, 0.3) is 0 Å². The van der Waals surface area contributed by atoms with Crippen molar-refractivity contribution in [2.45, 2.75) is 6.42 Å². The van der Waals surface area contributed by atoms with E-state index in [1.807, 2.05) is 0 Å². The molecule has 0 saturated carbocycles. The van der Waals surface area contributed by atoms with Gasteiger partial charge in [-0.3, -0.25) is 0 Å². The molecule has 1 rings (SSSR count). The van der Waals surface area contributed by atoms with E-state index in [4.69, 9.17) is 5.73 Å². The Kier molecular flexibility index (Phi) is 3.17. The molecule has 1 nitrogen and oxygen atoms in total. The van der Waals surface area contributed by atoms with Crippen LogP contribution >= 0.6 is 28.1 Å². The van der Waals surface area contributed by atoms with E-state index in [9.17, 15) is 4.39 Å². The molecular formula is C8H7BrFNS. The van der Waals surface area contributed by atoms with Gasteiger partial charge in [0.2, 0.25) is 0 Å². The maximum atomic E-state index is 13.1. The third-order valence-corrected chi connectivity index (χ3v) is 2.30. The van der Waals surface area contributed by atoms with Crippen molar-refractivity contribution in [3.8, 4) is 0 Å². The largest absolute Gasteiger partial charge is 0.393 e. The summed E-state index contributed by atoms with van der Waals surface area (Å²) in [6.45, 7) is 0. The van der Waals surface area contributed by atoms with Crippen molar-refractivity contribution in [2.24, 2.45) is 5.73 Å². The fraction of sp³-hybridized carbons (Fsp3) is 0.125. The second kappa shape index (κ2) is 3.96. The molecule has 1 aromatic carbocycles. The van der Waals surface area contributed by atoms with Crippen LogP contribution in [0.5, 0.6) is 0 Å². The average Bonchev–Trinajstić information content (AvgIpc) is 1.97. The number of hydrogen-bond donors (Lipinski definition) is 1. The van der Waals surface area contributed by atoms with Gasteiger partial charge in [0.1, 0.15) is 5.82 Å². The van der Waals surface area contributed by atoms with Gasteiger partial charge in [-0.2, -0.15) is 0 Å². The molecule has 0 fully saturated rings. The van der Waals surface area contributed by atoms with Gasteiger partial charge in [-0.1, -0.05) is 34.2 Å². The standard InChI is InChI=1S/C8H7BrFNS/c9-6-2-1-3-7(10)5(6)4-8(11)12/h1-3H,4H2,(H2,11,12). The van der Waals surface area contributed by atoms with Crippen molar-refractivity contribution in [2.75, 3.05) is 0 Å². The van der Waals surface area contributed by atoms with Crippen LogP contribution in [0.4, 0.5) is 4.39 Å². The second-order valence-electron chi connectivity index (χ2n) is 2.34.